The highest BCUT2D eigenvalue weighted by atomic mass is 16.1. The molecule has 0 bridgehead atoms. The van der Waals surface area contributed by atoms with Crippen molar-refractivity contribution in [3.63, 3.8) is 0 Å². The molecule has 0 saturated heterocycles. The number of hydrogen-bond donors (Lipinski definition) is 3. The summed E-state index contributed by atoms with van der Waals surface area (Å²) in [7, 11) is 0. The Bertz CT molecular complexity index is 136. The average molecular weight is 173 g/mol. The lowest BCUT2D eigenvalue weighted by Gasteiger charge is -2.14. The summed E-state index contributed by atoms with van der Waals surface area (Å²) >= 11 is 0. The number of carbonyl (C=O) groups is 1. The van der Waals surface area contributed by atoms with E-state index < -0.39 is 0 Å². The molecule has 0 saturated carbocycles. The van der Waals surface area contributed by atoms with Gasteiger partial charge in [-0.1, -0.05) is 6.92 Å². The fourth-order valence-corrected chi connectivity index (χ4v) is 0.713. The molecule has 72 valence electrons. The third-order valence-corrected chi connectivity index (χ3v) is 1.88. The highest BCUT2D eigenvalue weighted by molar-refractivity contribution is 5.78. The van der Waals surface area contributed by atoms with Gasteiger partial charge in [-0.05, 0) is 19.9 Å². The monoisotopic (exact) mass is 173 g/mol. The summed E-state index contributed by atoms with van der Waals surface area (Å²) in [6, 6.07) is -0.0946. The largest absolute Gasteiger partial charge is 0.356 e. The minimum absolute atomic E-state index is 0.0125. The Labute approximate surface area is 73.7 Å². The van der Waals surface area contributed by atoms with Gasteiger partial charge in [0, 0.05) is 18.5 Å². The van der Waals surface area contributed by atoms with Crippen LogP contribution in [0.3, 0.4) is 0 Å². The van der Waals surface area contributed by atoms with Crippen molar-refractivity contribution in [2.75, 3.05) is 13.1 Å². The van der Waals surface area contributed by atoms with Gasteiger partial charge in [0.25, 0.3) is 0 Å². The number of nitrogens with one attached hydrogen (secondary N) is 1. The molecule has 0 aliphatic carbocycles. The second kappa shape index (κ2) is 5.97. The van der Waals surface area contributed by atoms with E-state index in [9.17, 15) is 4.79 Å². The Kier molecular flexibility index (Phi) is 5.66. The molecule has 0 aromatic rings. The van der Waals surface area contributed by atoms with Crippen molar-refractivity contribution in [3.8, 4) is 0 Å². The lowest BCUT2D eigenvalue weighted by Crippen LogP contribution is -2.39. The number of carbonyl (C=O) groups excluding carboxylic acids is 1. The quantitative estimate of drug-likeness (QED) is 0.487. The molecule has 5 N–H and O–H groups in total. The van der Waals surface area contributed by atoms with Crippen LogP contribution < -0.4 is 16.8 Å². The Balaban J connectivity index is 3.57. The Morgan fingerprint density at radius 2 is 2.08 bits per heavy atom. The molecule has 0 heterocycles. The summed E-state index contributed by atoms with van der Waals surface area (Å²) in [6.07, 6.45) is 0.817. The molecule has 0 spiro atoms. The number of hydrogen-bond acceptors (Lipinski definition) is 3. The van der Waals surface area contributed by atoms with Gasteiger partial charge in [0.1, 0.15) is 0 Å². The van der Waals surface area contributed by atoms with E-state index in [1.54, 1.807) is 0 Å². The summed E-state index contributed by atoms with van der Waals surface area (Å²) in [5.74, 6) is -0.110. The Hall–Kier alpha value is -0.610. The molecular formula is C8H19N3O. The van der Waals surface area contributed by atoms with Crippen LogP contribution in [0.5, 0.6) is 0 Å². The standard InChI is InChI=1S/C8H19N3O/c1-6(7(2)10)8(12)11-5-3-4-9/h6-7H,3-5,9-10H2,1-2H3,(H,11,12). The third kappa shape index (κ3) is 4.31. The lowest BCUT2D eigenvalue weighted by molar-refractivity contribution is -0.124. The fourth-order valence-electron chi connectivity index (χ4n) is 0.713. The van der Waals surface area contributed by atoms with Crippen LogP contribution in [0, 0.1) is 5.92 Å². The van der Waals surface area contributed by atoms with E-state index in [0.717, 1.165) is 6.42 Å². The second-order valence-corrected chi connectivity index (χ2v) is 3.08. The topological polar surface area (TPSA) is 81.1 Å². The molecule has 0 aliphatic heterocycles. The van der Waals surface area contributed by atoms with Crippen molar-refractivity contribution in [2.45, 2.75) is 26.3 Å². The third-order valence-electron chi connectivity index (χ3n) is 1.88. The minimum Gasteiger partial charge on any atom is -0.356 e. The van der Waals surface area contributed by atoms with Gasteiger partial charge >= 0.3 is 0 Å². The van der Waals surface area contributed by atoms with Gasteiger partial charge in [0.05, 0.1) is 0 Å². The zero-order valence-corrected chi connectivity index (χ0v) is 7.84. The number of nitrogens with two attached hydrogens (primary N) is 2. The highest BCUT2D eigenvalue weighted by Crippen LogP contribution is 1.98. The highest BCUT2D eigenvalue weighted by Gasteiger charge is 2.15. The van der Waals surface area contributed by atoms with Crippen LogP contribution in [-0.2, 0) is 4.79 Å². The van der Waals surface area contributed by atoms with Crippen LogP contribution in [0.2, 0.25) is 0 Å². The molecule has 4 nitrogen and oxygen atoms in total. The molecule has 12 heavy (non-hydrogen) atoms. The molecule has 0 aliphatic rings. The summed E-state index contributed by atoms with van der Waals surface area (Å²) in [4.78, 5) is 11.2. The maximum atomic E-state index is 11.2. The Morgan fingerprint density at radius 3 is 2.50 bits per heavy atom. The second-order valence-electron chi connectivity index (χ2n) is 3.08. The lowest BCUT2D eigenvalue weighted by atomic mass is 10.0. The maximum absolute atomic E-state index is 11.2. The first-order valence-corrected chi connectivity index (χ1v) is 4.33. The molecule has 0 aromatic heterocycles. The first-order valence-electron chi connectivity index (χ1n) is 4.33. The zero-order valence-electron chi connectivity index (χ0n) is 7.84. The van der Waals surface area contributed by atoms with Crippen molar-refractivity contribution < 1.29 is 4.79 Å². The number of rotatable bonds is 5. The van der Waals surface area contributed by atoms with Crippen LogP contribution >= 0.6 is 0 Å². The van der Waals surface area contributed by atoms with E-state index in [-0.39, 0.29) is 17.9 Å². The molecule has 0 rings (SSSR count). The van der Waals surface area contributed by atoms with Crippen molar-refractivity contribution in [1.82, 2.24) is 5.32 Å². The van der Waals surface area contributed by atoms with Crippen molar-refractivity contribution in [1.29, 1.82) is 0 Å². The predicted octanol–water partition coefficient (Wildman–Crippen LogP) is -0.565. The molecule has 0 fully saturated rings. The molecule has 0 radical (unpaired) electrons. The fraction of sp³-hybridized carbons (Fsp3) is 0.875. The maximum Gasteiger partial charge on any atom is 0.224 e. The van der Waals surface area contributed by atoms with Gasteiger partial charge in [0.2, 0.25) is 5.91 Å². The van der Waals surface area contributed by atoms with Gasteiger partial charge in [-0.2, -0.15) is 0 Å². The van der Waals surface area contributed by atoms with Crippen LogP contribution in [0.1, 0.15) is 20.3 Å². The van der Waals surface area contributed by atoms with Crippen LogP contribution in [0.15, 0.2) is 0 Å². The van der Waals surface area contributed by atoms with Crippen molar-refractivity contribution >= 4 is 5.91 Å². The van der Waals surface area contributed by atoms with E-state index in [2.05, 4.69) is 5.32 Å². The summed E-state index contributed by atoms with van der Waals surface area (Å²) in [6.45, 7) is 4.90. The number of amides is 1. The van der Waals surface area contributed by atoms with Crippen molar-refractivity contribution in [2.24, 2.45) is 17.4 Å². The minimum atomic E-state index is -0.122. The summed E-state index contributed by atoms with van der Waals surface area (Å²) < 4.78 is 0. The molecule has 0 aromatic carbocycles. The van der Waals surface area contributed by atoms with Gasteiger partial charge in [-0.25, -0.2) is 0 Å². The van der Waals surface area contributed by atoms with Crippen LogP contribution in [0.25, 0.3) is 0 Å². The van der Waals surface area contributed by atoms with E-state index in [1.165, 1.54) is 0 Å². The van der Waals surface area contributed by atoms with Gasteiger partial charge in [-0.15, -0.1) is 0 Å². The molecule has 1 amide bonds. The molecule has 2 atom stereocenters. The van der Waals surface area contributed by atoms with E-state index in [0.29, 0.717) is 13.1 Å². The van der Waals surface area contributed by atoms with Gasteiger partial charge < -0.3 is 16.8 Å². The zero-order chi connectivity index (χ0) is 9.56. The molecule has 4 heteroatoms. The van der Waals surface area contributed by atoms with Gasteiger partial charge in [-0.3, -0.25) is 4.79 Å². The Morgan fingerprint density at radius 1 is 1.50 bits per heavy atom. The van der Waals surface area contributed by atoms with E-state index >= 15 is 0 Å². The predicted molar refractivity (Wildman–Crippen MR) is 49.5 cm³/mol. The molecule has 2 unspecified atom stereocenters. The first-order chi connectivity index (χ1) is 5.59. The van der Waals surface area contributed by atoms with Crippen LogP contribution in [-0.4, -0.2) is 25.0 Å². The average Bonchev–Trinajstić information content (AvgIpc) is 2.03. The summed E-state index contributed by atoms with van der Waals surface area (Å²) in [5, 5.41) is 2.77. The van der Waals surface area contributed by atoms with Crippen LogP contribution in [0.4, 0.5) is 0 Å². The SMILES string of the molecule is CC(N)C(C)C(=O)NCCCN. The van der Waals surface area contributed by atoms with Gasteiger partial charge in [0.15, 0.2) is 0 Å². The summed E-state index contributed by atoms with van der Waals surface area (Å²) in [5.41, 5.74) is 10.8. The van der Waals surface area contributed by atoms with E-state index in [4.69, 9.17) is 11.5 Å². The molecular weight excluding hydrogens is 154 g/mol. The van der Waals surface area contributed by atoms with Crippen molar-refractivity contribution in [3.05, 3.63) is 0 Å². The normalized spacial score (nSPS) is 15.3. The smallest absolute Gasteiger partial charge is 0.224 e. The van der Waals surface area contributed by atoms with E-state index in [1.807, 2.05) is 13.8 Å². The first kappa shape index (κ1) is 11.4.